The SMILES string of the molecule is O=CO[C@@H]1O[C@@H]1C(=O)N(C(=O)N1CCN(c2ccc(F)cc2)CC1)c1ccccc1. The van der Waals surface area contributed by atoms with E-state index in [9.17, 15) is 18.8 Å². The van der Waals surface area contributed by atoms with Crippen LogP contribution in [0.25, 0.3) is 0 Å². The van der Waals surface area contributed by atoms with Crippen molar-refractivity contribution in [2.45, 2.75) is 12.4 Å². The number of piperazine rings is 1. The first-order valence-corrected chi connectivity index (χ1v) is 9.51. The number of hydrogen-bond acceptors (Lipinski definition) is 6. The van der Waals surface area contributed by atoms with Crippen molar-refractivity contribution in [1.82, 2.24) is 4.90 Å². The van der Waals surface area contributed by atoms with Crippen molar-refractivity contribution >= 4 is 29.8 Å². The Morgan fingerprint density at radius 3 is 2.33 bits per heavy atom. The molecule has 8 nitrogen and oxygen atoms in total. The van der Waals surface area contributed by atoms with Crippen molar-refractivity contribution in [2.75, 3.05) is 36.0 Å². The molecule has 0 N–H and O–H groups in total. The molecule has 2 aliphatic rings. The van der Waals surface area contributed by atoms with Crippen LogP contribution in [0.3, 0.4) is 0 Å². The molecule has 0 saturated carbocycles. The molecule has 2 aliphatic heterocycles. The predicted molar refractivity (Wildman–Crippen MR) is 105 cm³/mol. The third-order valence-electron chi connectivity index (χ3n) is 5.05. The van der Waals surface area contributed by atoms with Gasteiger partial charge in [0.05, 0.1) is 5.69 Å². The second-order valence-corrected chi connectivity index (χ2v) is 6.90. The number of ether oxygens (including phenoxy) is 2. The van der Waals surface area contributed by atoms with Crippen molar-refractivity contribution in [2.24, 2.45) is 0 Å². The lowest BCUT2D eigenvalue weighted by atomic mass is 10.2. The zero-order valence-corrected chi connectivity index (χ0v) is 16.0. The summed E-state index contributed by atoms with van der Waals surface area (Å²) in [4.78, 5) is 41.3. The molecule has 0 bridgehead atoms. The Bertz CT molecular complexity index is 916. The monoisotopic (exact) mass is 413 g/mol. The number of carbonyl (C=O) groups excluding carboxylic acids is 3. The van der Waals surface area contributed by atoms with E-state index in [0.717, 1.165) is 10.6 Å². The zero-order chi connectivity index (χ0) is 21.1. The summed E-state index contributed by atoms with van der Waals surface area (Å²) in [6.07, 6.45) is -1.97. The van der Waals surface area contributed by atoms with Crippen LogP contribution in [-0.2, 0) is 19.1 Å². The van der Waals surface area contributed by atoms with E-state index in [0.29, 0.717) is 31.9 Å². The topological polar surface area (TPSA) is 82.7 Å². The van der Waals surface area contributed by atoms with Crippen LogP contribution >= 0.6 is 0 Å². The van der Waals surface area contributed by atoms with Crippen LogP contribution < -0.4 is 9.80 Å². The normalized spacial score (nSPS) is 20.4. The number of para-hydroxylation sites is 1. The molecule has 9 heteroatoms. The van der Waals surface area contributed by atoms with Gasteiger partial charge < -0.3 is 19.3 Å². The van der Waals surface area contributed by atoms with Crippen LogP contribution in [0.2, 0.25) is 0 Å². The van der Waals surface area contributed by atoms with Gasteiger partial charge in [-0.2, -0.15) is 0 Å². The summed E-state index contributed by atoms with van der Waals surface area (Å²) in [5, 5.41) is 0. The summed E-state index contributed by atoms with van der Waals surface area (Å²) in [5.74, 6) is -0.886. The third kappa shape index (κ3) is 4.11. The Morgan fingerprint density at radius 1 is 1.03 bits per heavy atom. The molecule has 30 heavy (non-hydrogen) atoms. The summed E-state index contributed by atoms with van der Waals surface area (Å²) in [5.41, 5.74) is 1.29. The standard InChI is InChI=1S/C21H20FN3O5/c22-15-6-8-16(9-7-15)23-10-12-24(13-11-23)21(28)25(17-4-2-1-3-5-17)19(27)18-20(30-18)29-14-26/h1-9,14,18,20H,10-13H2/t18-,20-/m1/s1. The van der Waals surface area contributed by atoms with Gasteiger partial charge in [-0.25, -0.2) is 14.1 Å². The highest BCUT2D eigenvalue weighted by molar-refractivity contribution is 6.16. The number of rotatable bonds is 5. The first-order chi connectivity index (χ1) is 14.6. The largest absolute Gasteiger partial charge is 0.434 e. The van der Waals surface area contributed by atoms with Crippen LogP contribution in [0.4, 0.5) is 20.6 Å². The quantitative estimate of drug-likeness (QED) is 0.551. The zero-order valence-electron chi connectivity index (χ0n) is 16.0. The second kappa shape index (κ2) is 8.50. The van der Waals surface area contributed by atoms with E-state index in [4.69, 9.17) is 4.74 Å². The minimum absolute atomic E-state index is 0.210. The van der Waals surface area contributed by atoms with E-state index >= 15 is 0 Å². The van der Waals surface area contributed by atoms with Gasteiger partial charge in [-0.1, -0.05) is 18.2 Å². The van der Waals surface area contributed by atoms with Crippen LogP contribution in [0.1, 0.15) is 0 Å². The van der Waals surface area contributed by atoms with E-state index in [1.54, 1.807) is 47.4 Å². The van der Waals surface area contributed by atoms with E-state index in [1.807, 2.05) is 0 Å². The molecule has 2 heterocycles. The predicted octanol–water partition coefficient (Wildman–Crippen LogP) is 2.00. The minimum Gasteiger partial charge on any atom is -0.434 e. The molecule has 0 aliphatic carbocycles. The van der Waals surface area contributed by atoms with Crippen LogP contribution in [-0.4, -0.2) is 61.9 Å². The van der Waals surface area contributed by atoms with Crippen LogP contribution in [0.15, 0.2) is 54.6 Å². The van der Waals surface area contributed by atoms with Gasteiger partial charge in [0.25, 0.3) is 12.4 Å². The lowest BCUT2D eigenvalue weighted by Crippen LogP contribution is -2.55. The highest BCUT2D eigenvalue weighted by Crippen LogP contribution is 2.28. The summed E-state index contributed by atoms with van der Waals surface area (Å²) in [7, 11) is 0. The molecule has 0 radical (unpaired) electrons. The lowest BCUT2D eigenvalue weighted by Gasteiger charge is -2.38. The molecule has 2 aromatic carbocycles. The van der Waals surface area contributed by atoms with Crippen molar-refractivity contribution in [1.29, 1.82) is 0 Å². The number of hydrogen-bond donors (Lipinski definition) is 0. The fraction of sp³-hybridized carbons (Fsp3) is 0.286. The minimum atomic E-state index is -1.00. The number of halogens is 1. The average molecular weight is 413 g/mol. The fourth-order valence-corrected chi connectivity index (χ4v) is 3.42. The molecule has 156 valence electrons. The fourth-order valence-electron chi connectivity index (χ4n) is 3.42. The molecule has 0 aromatic heterocycles. The van der Waals surface area contributed by atoms with E-state index in [2.05, 4.69) is 9.64 Å². The Hall–Kier alpha value is -3.46. The molecular formula is C21H20FN3O5. The van der Waals surface area contributed by atoms with Gasteiger partial charge in [0, 0.05) is 31.9 Å². The number of carbonyl (C=O) groups is 3. The van der Waals surface area contributed by atoms with Gasteiger partial charge in [-0.05, 0) is 36.4 Å². The van der Waals surface area contributed by atoms with Crippen LogP contribution in [0.5, 0.6) is 0 Å². The average Bonchev–Trinajstić information content (AvgIpc) is 3.55. The number of benzene rings is 2. The van der Waals surface area contributed by atoms with E-state index in [1.165, 1.54) is 12.1 Å². The van der Waals surface area contributed by atoms with Crippen molar-refractivity contribution in [3.63, 3.8) is 0 Å². The molecular weight excluding hydrogens is 393 g/mol. The lowest BCUT2D eigenvalue weighted by molar-refractivity contribution is -0.133. The second-order valence-electron chi connectivity index (χ2n) is 6.90. The highest BCUT2D eigenvalue weighted by Gasteiger charge is 2.51. The summed E-state index contributed by atoms with van der Waals surface area (Å²) in [6.45, 7) is 2.09. The van der Waals surface area contributed by atoms with E-state index in [-0.39, 0.29) is 12.3 Å². The van der Waals surface area contributed by atoms with E-state index < -0.39 is 24.3 Å². The first-order valence-electron chi connectivity index (χ1n) is 9.51. The molecule has 2 atom stereocenters. The maximum Gasteiger partial charge on any atom is 0.331 e. The molecule has 3 amide bonds. The van der Waals surface area contributed by atoms with Gasteiger partial charge >= 0.3 is 6.03 Å². The van der Waals surface area contributed by atoms with Gasteiger partial charge in [-0.3, -0.25) is 9.59 Å². The van der Waals surface area contributed by atoms with Crippen molar-refractivity contribution in [3.8, 4) is 0 Å². The number of urea groups is 1. The van der Waals surface area contributed by atoms with Gasteiger partial charge in [0.15, 0.2) is 0 Å². The summed E-state index contributed by atoms with van der Waals surface area (Å²) >= 11 is 0. The number of nitrogens with zero attached hydrogens (tertiary/aromatic N) is 3. The smallest absolute Gasteiger partial charge is 0.331 e. The number of imide groups is 1. The van der Waals surface area contributed by atoms with Gasteiger partial charge in [0.1, 0.15) is 5.82 Å². The summed E-state index contributed by atoms with van der Waals surface area (Å²) < 4.78 is 22.9. The molecule has 0 spiro atoms. The first kappa shape index (κ1) is 19.8. The number of amides is 3. The number of anilines is 2. The number of epoxide rings is 1. The van der Waals surface area contributed by atoms with Gasteiger partial charge in [0.2, 0.25) is 12.4 Å². The molecule has 2 saturated heterocycles. The van der Waals surface area contributed by atoms with Crippen LogP contribution in [0, 0.1) is 5.82 Å². The maximum absolute atomic E-state index is 13.2. The molecule has 0 unspecified atom stereocenters. The molecule has 2 aromatic rings. The highest BCUT2D eigenvalue weighted by atomic mass is 19.1. The maximum atomic E-state index is 13.2. The summed E-state index contributed by atoms with van der Waals surface area (Å²) in [6, 6.07) is 14.3. The van der Waals surface area contributed by atoms with Gasteiger partial charge in [-0.15, -0.1) is 0 Å². The Kier molecular flexibility index (Phi) is 5.62. The molecule has 4 rings (SSSR count). The third-order valence-corrected chi connectivity index (χ3v) is 5.05. The van der Waals surface area contributed by atoms with Crippen molar-refractivity contribution in [3.05, 3.63) is 60.4 Å². The Morgan fingerprint density at radius 2 is 1.70 bits per heavy atom. The Balaban J connectivity index is 1.46. The Labute approximate surface area is 172 Å². The van der Waals surface area contributed by atoms with Crippen molar-refractivity contribution < 1.29 is 28.2 Å². The molecule has 2 fully saturated rings.